The van der Waals surface area contributed by atoms with E-state index in [0.717, 1.165) is 47.0 Å². The lowest BCUT2D eigenvalue weighted by atomic mass is 9.78. The molecule has 50 heavy (non-hydrogen) atoms. The molecule has 0 atom stereocenters. The minimum absolute atomic E-state index is 1.03. The molecular weight excluding hydrogens is 605 g/mol. The highest BCUT2D eigenvalue weighted by Gasteiger charge is 2.25. The van der Waals surface area contributed by atoms with Gasteiger partial charge >= 0.3 is 0 Å². The molecule has 0 unspecified atom stereocenters. The molecule has 0 fully saturated rings. The molecule has 0 radical (unpaired) electrons. The van der Waals surface area contributed by atoms with E-state index in [0.29, 0.717) is 0 Å². The van der Waals surface area contributed by atoms with Gasteiger partial charge in [0.05, 0.1) is 0 Å². The van der Waals surface area contributed by atoms with Crippen LogP contribution < -0.4 is 9.80 Å². The lowest BCUT2D eigenvalue weighted by Gasteiger charge is -2.28. The summed E-state index contributed by atoms with van der Waals surface area (Å²) in [6.07, 6.45) is 2.06. The molecule has 1 aliphatic carbocycles. The van der Waals surface area contributed by atoms with Gasteiger partial charge in [0.2, 0.25) is 0 Å². The number of aryl methyl sites for hydroxylation is 2. The van der Waals surface area contributed by atoms with Gasteiger partial charge in [-0.2, -0.15) is 0 Å². The maximum atomic E-state index is 2.39. The standard InChI is InChI=1S/C48H38N2/c1-3-33-15-21-41(22-16-33)49(39-11-7-5-8-12-39)43-25-19-35-29-45-47(31-37(35)27-43)46-30-36-20-26-44(28-38(36)32-48(45)46)50(40-13-9-6-10-14-40)42-23-17-34(4-2)18-24-42/h5-32H,3-4H2,1-2H3. The first-order valence-electron chi connectivity index (χ1n) is 17.7. The van der Waals surface area contributed by atoms with Gasteiger partial charge in [0, 0.05) is 34.1 Å². The van der Waals surface area contributed by atoms with Crippen LogP contribution in [0.3, 0.4) is 0 Å². The summed E-state index contributed by atoms with van der Waals surface area (Å²) in [7, 11) is 0. The van der Waals surface area contributed by atoms with Crippen LogP contribution in [0.25, 0.3) is 43.8 Å². The molecule has 0 saturated carbocycles. The van der Waals surface area contributed by atoms with Crippen LogP contribution in [0.15, 0.2) is 170 Å². The summed E-state index contributed by atoms with van der Waals surface area (Å²) < 4.78 is 0. The summed E-state index contributed by atoms with van der Waals surface area (Å²) in [5.41, 5.74) is 15.0. The van der Waals surface area contributed by atoms with Crippen molar-refractivity contribution in [2.75, 3.05) is 9.80 Å². The molecule has 0 saturated heterocycles. The van der Waals surface area contributed by atoms with Gasteiger partial charge in [-0.05, 0) is 165 Å². The van der Waals surface area contributed by atoms with Crippen molar-refractivity contribution in [2.24, 2.45) is 0 Å². The molecule has 8 aromatic carbocycles. The first-order chi connectivity index (χ1) is 24.7. The van der Waals surface area contributed by atoms with Crippen molar-refractivity contribution >= 4 is 55.7 Å². The van der Waals surface area contributed by atoms with E-state index in [1.54, 1.807) is 0 Å². The third-order valence-corrected chi connectivity index (χ3v) is 10.3. The Labute approximate surface area is 294 Å². The molecule has 0 amide bonds. The Kier molecular flexibility index (Phi) is 7.43. The lowest BCUT2D eigenvalue weighted by Crippen LogP contribution is -2.10. The van der Waals surface area contributed by atoms with Gasteiger partial charge in [0.1, 0.15) is 0 Å². The van der Waals surface area contributed by atoms with E-state index < -0.39 is 0 Å². The van der Waals surface area contributed by atoms with Gasteiger partial charge in [-0.3, -0.25) is 0 Å². The van der Waals surface area contributed by atoms with Gasteiger partial charge in [-0.15, -0.1) is 0 Å². The molecule has 240 valence electrons. The van der Waals surface area contributed by atoms with Crippen LogP contribution in [-0.4, -0.2) is 0 Å². The Morgan fingerprint density at radius 2 is 0.620 bits per heavy atom. The number of hydrogen-bond acceptors (Lipinski definition) is 2. The highest BCUT2D eigenvalue weighted by Crippen LogP contribution is 2.51. The molecule has 0 heterocycles. The van der Waals surface area contributed by atoms with E-state index >= 15 is 0 Å². The van der Waals surface area contributed by atoms with E-state index in [1.807, 2.05) is 0 Å². The van der Waals surface area contributed by atoms with E-state index in [1.165, 1.54) is 54.9 Å². The van der Waals surface area contributed by atoms with Gasteiger partial charge in [-0.1, -0.05) is 86.6 Å². The first kappa shape index (κ1) is 30.0. The van der Waals surface area contributed by atoms with Gasteiger partial charge in [0.25, 0.3) is 0 Å². The van der Waals surface area contributed by atoms with Crippen LogP contribution in [0.5, 0.6) is 0 Å². The predicted octanol–water partition coefficient (Wildman–Crippen LogP) is 13.7. The lowest BCUT2D eigenvalue weighted by molar-refractivity contribution is 1.14. The van der Waals surface area contributed by atoms with E-state index in [4.69, 9.17) is 0 Å². The van der Waals surface area contributed by atoms with Crippen molar-refractivity contribution in [3.63, 3.8) is 0 Å². The fraction of sp³-hybridized carbons (Fsp3) is 0.0833. The van der Waals surface area contributed by atoms with E-state index in [-0.39, 0.29) is 0 Å². The zero-order valence-corrected chi connectivity index (χ0v) is 28.5. The minimum Gasteiger partial charge on any atom is -0.310 e. The number of fused-ring (bicyclic) bond motifs is 6. The zero-order chi connectivity index (χ0) is 33.6. The molecule has 8 aromatic rings. The molecule has 0 N–H and O–H groups in total. The average Bonchev–Trinajstić information content (AvgIpc) is 3.18. The largest absolute Gasteiger partial charge is 0.310 e. The molecular formula is C48H38N2. The van der Waals surface area contributed by atoms with Crippen LogP contribution >= 0.6 is 0 Å². The number of hydrogen-bond donors (Lipinski definition) is 0. The third kappa shape index (κ3) is 5.21. The number of rotatable bonds is 8. The molecule has 2 heteroatoms. The number of anilines is 6. The molecule has 0 aromatic heterocycles. The molecule has 0 spiro atoms. The summed E-state index contributed by atoms with van der Waals surface area (Å²) >= 11 is 0. The normalized spacial score (nSPS) is 11.6. The molecule has 9 rings (SSSR count). The molecule has 2 nitrogen and oxygen atoms in total. The van der Waals surface area contributed by atoms with Gasteiger partial charge in [-0.25, -0.2) is 0 Å². The Morgan fingerprint density at radius 3 is 0.980 bits per heavy atom. The predicted molar refractivity (Wildman–Crippen MR) is 214 cm³/mol. The average molecular weight is 643 g/mol. The zero-order valence-electron chi connectivity index (χ0n) is 28.5. The Morgan fingerprint density at radius 1 is 0.300 bits per heavy atom. The SMILES string of the molecule is CCc1ccc(N(c2ccccc2)c2ccc3cc4c(cc3c2)-c2cc3ccc(N(c5ccccc5)c5ccc(CC)cc5)cc3cc2-4)cc1. The van der Waals surface area contributed by atoms with Crippen molar-refractivity contribution in [3.8, 4) is 22.3 Å². The fourth-order valence-electron chi connectivity index (χ4n) is 7.49. The number of benzene rings is 8. The summed E-state index contributed by atoms with van der Waals surface area (Å²) in [6, 6.07) is 62.5. The molecule has 1 aliphatic rings. The van der Waals surface area contributed by atoms with Gasteiger partial charge < -0.3 is 9.80 Å². The fourth-order valence-corrected chi connectivity index (χ4v) is 7.49. The minimum atomic E-state index is 1.03. The van der Waals surface area contributed by atoms with Crippen LogP contribution in [0.1, 0.15) is 25.0 Å². The van der Waals surface area contributed by atoms with Crippen LogP contribution in [0.2, 0.25) is 0 Å². The summed E-state index contributed by atoms with van der Waals surface area (Å²) in [5, 5.41) is 5.02. The van der Waals surface area contributed by atoms with Crippen molar-refractivity contribution in [3.05, 3.63) is 181 Å². The van der Waals surface area contributed by atoms with Crippen LogP contribution in [-0.2, 0) is 12.8 Å². The molecule has 0 aliphatic heterocycles. The van der Waals surface area contributed by atoms with E-state index in [2.05, 4.69) is 194 Å². The second kappa shape index (κ2) is 12.4. The monoisotopic (exact) mass is 642 g/mol. The van der Waals surface area contributed by atoms with Crippen molar-refractivity contribution in [2.45, 2.75) is 26.7 Å². The van der Waals surface area contributed by atoms with Crippen LogP contribution in [0.4, 0.5) is 34.1 Å². The second-order valence-corrected chi connectivity index (χ2v) is 13.2. The van der Waals surface area contributed by atoms with Crippen molar-refractivity contribution in [1.29, 1.82) is 0 Å². The van der Waals surface area contributed by atoms with Crippen LogP contribution in [0, 0.1) is 0 Å². The maximum absolute atomic E-state index is 2.39. The first-order valence-corrected chi connectivity index (χ1v) is 17.7. The quantitative estimate of drug-likeness (QED) is 0.163. The van der Waals surface area contributed by atoms with E-state index in [9.17, 15) is 0 Å². The Bertz CT molecular complexity index is 2290. The Balaban J connectivity index is 1.10. The second-order valence-electron chi connectivity index (χ2n) is 13.2. The number of para-hydroxylation sites is 2. The third-order valence-electron chi connectivity index (χ3n) is 10.3. The summed E-state index contributed by atoms with van der Waals surface area (Å²) in [5.74, 6) is 0. The number of nitrogens with zero attached hydrogens (tertiary/aromatic N) is 2. The van der Waals surface area contributed by atoms with Crippen molar-refractivity contribution in [1.82, 2.24) is 0 Å². The smallest absolute Gasteiger partial charge is 0.0468 e. The topological polar surface area (TPSA) is 6.48 Å². The van der Waals surface area contributed by atoms with Gasteiger partial charge in [0.15, 0.2) is 0 Å². The summed E-state index contributed by atoms with van der Waals surface area (Å²) in [4.78, 5) is 4.71. The highest BCUT2D eigenvalue weighted by molar-refractivity contribution is 6.12. The highest BCUT2D eigenvalue weighted by atomic mass is 15.1. The molecule has 0 bridgehead atoms. The maximum Gasteiger partial charge on any atom is 0.0468 e. The van der Waals surface area contributed by atoms with Crippen molar-refractivity contribution < 1.29 is 0 Å². The summed E-state index contributed by atoms with van der Waals surface area (Å²) in [6.45, 7) is 4.41. The Hall–Kier alpha value is -6.12.